The fourth-order valence-corrected chi connectivity index (χ4v) is 3.14. The minimum Gasteiger partial charge on any atom is -0.452 e. The van der Waals surface area contributed by atoms with Gasteiger partial charge in [-0.3, -0.25) is 15.0 Å². The lowest BCUT2D eigenvalue weighted by Gasteiger charge is -2.15. The number of methoxy groups -OCH3 is 1. The minimum atomic E-state index is -0.867. The van der Waals surface area contributed by atoms with Crippen molar-refractivity contribution in [3.63, 3.8) is 0 Å². The molecule has 3 amide bonds. The van der Waals surface area contributed by atoms with Crippen LogP contribution in [0.3, 0.4) is 0 Å². The summed E-state index contributed by atoms with van der Waals surface area (Å²) in [6.45, 7) is 1.67. The van der Waals surface area contributed by atoms with Gasteiger partial charge in [0.1, 0.15) is 5.69 Å². The monoisotopic (exact) mass is 462 g/mol. The first-order chi connectivity index (χ1) is 14.8. The van der Waals surface area contributed by atoms with Crippen LogP contribution in [0, 0.1) is 6.92 Å². The summed E-state index contributed by atoms with van der Waals surface area (Å²) in [5, 5.41) is 7.37. The number of aryl methyl sites for hydroxylation is 1. The Bertz CT molecular complexity index is 1160. The largest absolute Gasteiger partial charge is 0.452 e. The van der Waals surface area contributed by atoms with E-state index in [1.807, 2.05) is 0 Å². The first kappa shape index (κ1) is 22.1. The number of hydrogen-bond donors (Lipinski definition) is 3. The molecule has 0 bridgehead atoms. The predicted octanol–water partition coefficient (Wildman–Crippen LogP) is 3.14. The van der Waals surface area contributed by atoms with E-state index >= 15 is 0 Å². The zero-order chi connectivity index (χ0) is 22.5. The number of hydrogen-bond acceptors (Lipinski definition) is 6. The van der Waals surface area contributed by atoms with E-state index in [0.717, 1.165) is 7.11 Å². The molecule has 0 radical (unpaired) electrons. The maximum absolute atomic E-state index is 13.0. The molecular formula is C19H16Cl2N6O4. The Morgan fingerprint density at radius 1 is 1.06 bits per heavy atom. The highest BCUT2D eigenvalue weighted by atomic mass is 35.5. The van der Waals surface area contributed by atoms with E-state index in [-0.39, 0.29) is 27.8 Å². The Morgan fingerprint density at radius 3 is 2.55 bits per heavy atom. The molecule has 12 heteroatoms. The quantitative estimate of drug-likeness (QED) is 0.511. The summed E-state index contributed by atoms with van der Waals surface area (Å²) < 4.78 is 5.68. The average molecular weight is 463 g/mol. The molecule has 0 aliphatic carbocycles. The van der Waals surface area contributed by atoms with Gasteiger partial charge in [-0.25, -0.2) is 19.9 Å². The second-order valence-electron chi connectivity index (χ2n) is 6.11. The molecule has 0 saturated carbocycles. The van der Waals surface area contributed by atoms with E-state index in [9.17, 15) is 14.4 Å². The van der Waals surface area contributed by atoms with Crippen molar-refractivity contribution in [1.29, 1.82) is 0 Å². The number of nitrogens with one attached hydrogen (secondary N) is 3. The van der Waals surface area contributed by atoms with Crippen molar-refractivity contribution in [3.8, 4) is 5.82 Å². The highest BCUT2D eigenvalue weighted by Gasteiger charge is 2.21. The lowest BCUT2D eigenvalue weighted by Crippen LogP contribution is -2.41. The molecule has 0 aliphatic rings. The normalized spacial score (nSPS) is 10.3. The van der Waals surface area contributed by atoms with Crippen LogP contribution in [0.5, 0.6) is 0 Å². The van der Waals surface area contributed by atoms with Gasteiger partial charge in [0.15, 0.2) is 5.82 Å². The van der Waals surface area contributed by atoms with Crippen molar-refractivity contribution in [2.75, 3.05) is 12.4 Å². The summed E-state index contributed by atoms with van der Waals surface area (Å²) in [5.41, 5.74) is 5.11. The van der Waals surface area contributed by atoms with Gasteiger partial charge in [-0.15, -0.1) is 0 Å². The van der Waals surface area contributed by atoms with E-state index in [0.29, 0.717) is 10.6 Å². The van der Waals surface area contributed by atoms with Gasteiger partial charge in [0.05, 0.1) is 29.6 Å². The van der Waals surface area contributed by atoms with Crippen LogP contribution < -0.4 is 16.2 Å². The molecular weight excluding hydrogens is 447 g/mol. The smallest absolute Gasteiger partial charge is 0.425 e. The fourth-order valence-electron chi connectivity index (χ4n) is 2.67. The van der Waals surface area contributed by atoms with Gasteiger partial charge in [0.2, 0.25) is 0 Å². The van der Waals surface area contributed by atoms with Crippen LogP contribution >= 0.6 is 23.2 Å². The summed E-state index contributed by atoms with van der Waals surface area (Å²) in [6, 6.07) is 7.68. The number of halogens is 2. The van der Waals surface area contributed by atoms with Crippen LogP contribution in [0.4, 0.5) is 10.5 Å². The molecule has 3 N–H and O–H groups in total. The Labute approximate surface area is 186 Å². The minimum absolute atomic E-state index is 0.0247. The molecule has 160 valence electrons. The number of carbonyl (C=O) groups excluding carboxylic acids is 3. The average Bonchev–Trinajstić information content (AvgIpc) is 3.23. The summed E-state index contributed by atoms with van der Waals surface area (Å²) in [4.78, 5) is 40.9. The van der Waals surface area contributed by atoms with Crippen LogP contribution in [-0.4, -0.2) is 39.8 Å². The molecule has 0 saturated heterocycles. The molecule has 10 nitrogen and oxygen atoms in total. The van der Waals surface area contributed by atoms with Crippen molar-refractivity contribution in [3.05, 3.63) is 69.6 Å². The van der Waals surface area contributed by atoms with E-state index in [4.69, 9.17) is 23.2 Å². The number of aromatic nitrogens is 3. The van der Waals surface area contributed by atoms with Crippen molar-refractivity contribution < 1.29 is 19.1 Å². The second kappa shape index (κ2) is 9.45. The van der Waals surface area contributed by atoms with Gasteiger partial charge in [-0.05, 0) is 42.8 Å². The summed E-state index contributed by atoms with van der Waals surface area (Å²) >= 11 is 12.2. The highest BCUT2D eigenvalue weighted by molar-refractivity contribution is 6.32. The lowest BCUT2D eigenvalue weighted by atomic mass is 10.1. The van der Waals surface area contributed by atoms with E-state index in [2.05, 4.69) is 31.0 Å². The predicted molar refractivity (Wildman–Crippen MR) is 114 cm³/mol. The molecule has 3 rings (SSSR count). The number of amides is 3. The maximum Gasteiger partial charge on any atom is 0.425 e. The Balaban J connectivity index is 1.93. The highest BCUT2D eigenvalue weighted by Crippen LogP contribution is 2.27. The zero-order valence-electron chi connectivity index (χ0n) is 16.3. The fraction of sp³-hybridized carbons (Fsp3) is 0.105. The number of carbonyl (C=O) groups is 3. The number of benzene rings is 1. The third-order valence-electron chi connectivity index (χ3n) is 4.06. The number of nitrogens with zero attached hydrogens (tertiary/aromatic N) is 3. The third kappa shape index (κ3) is 4.93. The topological polar surface area (TPSA) is 127 Å². The number of rotatable bonds is 4. The van der Waals surface area contributed by atoms with Crippen LogP contribution in [0.2, 0.25) is 10.0 Å². The maximum atomic E-state index is 13.0. The van der Waals surface area contributed by atoms with Gasteiger partial charge < -0.3 is 10.1 Å². The number of anilines is 1. The first-order valence-electron chi connectivity index (χ1n) is 8.72. The number of hydrazine groups is 1. The first-order valence-corrected chi connectivity index (χ1v) is 9.48. The Kier molecular flexibility index (Phi) is 6.73. The molecule has 0 spiro atoms. The van der Waals surface area contributed by atoms with Crippen molar-refractivity contribution in [2.24, 2.45) is 0 Å². The van der Waals surface area contributed by atoms with E-state index in [1.165, 1.54) is 29.2 Å². The molecule has 2 aromatic heterocycles. The van der Waals surface area contributed by atoms with E-state index < -0.39 is 17.9 Å². The molecule has 0 atom stereocenters. The van der Waals surface area contributed by atoms with Crippen LogP contribution in [0.1, 0.15) is 26.4 Å². The third-order valence-corrected chi connectivity index (χ3v) is 4.58. The number of ether oxygens (including phenoxy) is 1. The molecule has 0 unspecified atom stereocenters. The Morgan fingerprint density at radius 2 is 1.84 bits per heavy atom. The Hall–Kier alpha value is -3.63. The van der Waals surface area contributed by atoms with E-state index in [1.54, 1.807) is 25.1 Å². The summed E-state index contributed by atoms with van der Waals surface area (Å²) in [7, 11) is 1.15. The van der Waals surface area contributed by atoms with Gasteiger partial charge in [0, 0.05) is 11.2 Å². The lowest BCUT2D eigenvalue weighted by molar-refractivity contribution is 0.0921. The van der Waals surface area contributed by atoms with Gasteiger partial charge in [0.25, 0.3) is 11.8 Å². The van der Waals surface area contributed by atoms with Crippen LogP contribution in [0.25, 0.3) is 5.82 Å². The SMILES string of the molecule is COC(=O)NNC(=O)c1cc(Cl)cc(C)c1NC(=O)c1ccnn1-c1ncccc1Cl. The van der Waals surface area contributed by atoms with Gasteiger partial charge >= 0.3 is 6.09 Å². The standard InChI is InChI=1S/C19H16Cl2N6O4/c1-10-8-11(20)9-12(17(28)25-26-19(30)31-2)15(10)24-18(29)14-5-7-23-27(14)16-13(21)4-3-6-22-16/h3-9H,1-2H3,(H,24,29)(H,25,28)(H,26,30). The molecule has 0 aliphatic heterocycles. The van der Waals surface area contributed by atoms with Crippen molar-refractivity contribution in [1.82, 2.24) is 25.6 Å². The molecule has 2 heterocycles. The van der Waals surface area contributed by atoms with Crippen molar-refractivity contribution >= 4 is 46.8 Å². The molecule has 31 heavy (non-hydrogen) atoms. The molecule has 3 aromatic rings. The van der Waals surface area contributed by atoms with Gasteiger partial charge in [-0.1, -0.05) is 23.2 Å². The summed E-state index contributed by atoms with van der Waals surface area (Å²) in [6.07, 6.45) is 2.07. The number of pyridine rings is 1. The second-order valence-corrected chi connectivity index (χ2v) is 6.95. The molecule has 1 aromatic carbocycles. The zero-order valence-corrected chi connectivity index (χ0v) is 17.8. The van der Waals surface area contributed by atoms with Crippen LogP contribution in [-0.2, 0) is 4.74 Å². The van der Waals surface area contributed by atoms with Crippen molar-refractivity contribution in [2.45, 2.75) is 6.92 Å². The summed E-state index contributed by atoms with van der Waals surface area (Å²) in [5.74, 6) is -1.01. The van der Waals surface area contributed by atoms with Crippen LogP contribution in [0.15, 0.2) is 42.7 Å². The molecule has 0 fully saturated rings. The van der Waals surface area contributed by atoms with Gasteiger partial charge in [-0.2, -0.15) is 5.10 Å².